The Hall–Kier alpha value is -4.13. The Labute approximate surface area is 435 Å². The molecule has 9 rings (SSSR count). The molecular weight excluding hydrogens is 974 g/mol. The van der Waals surface area contributed by atoms with E-state index in [1.165, 1.54) is 55.9 Å². The molecule has 15 heteroatoms. The number of benzene rings is 3. The number of allylic oxidation sites excluding steroid dienone is 2. The molecule has 0 saturated carbocycles. The molecule has 0 bridgehead atoms. The van der Waals surface area contributed by atoms with E-state index in [0.717, 1.165) is 61.0 Å². The summed E-state index contributed by atoms with van der Waals surface area (Å²) in [6.45, 7) is 27.5. The molecule has 3 aromatic carbocycles. The van der Waals surface area contributed by atoms with E-state index in [-0.39, 0.29) is 61.4 Å². The first-order valence-electron chi connectivity index (χ1n) is 26.4. The summed E-state index contributed by atoms with van der Waals surface area (Å²) >= 11 is 7.53. The summed E-state index contributed by atoms with van der Waals surface area (Å²) in [5.41, 5.74) is 13.5. The van der Waals surface area contributed by atoms with Crippen molar-refractivity contribution in [3.8, 4) is 0 Å². The van der Waals surface area contributed by atoms with E-state index in [4.69, 9.17) is 30.1 Å². The van der Waals surface area contributed by atoms with Gasteiger partial charge >= 0.3 is 25.6 Å². The smallest absolute Gasteiger partial charge is 0.460 e. The number of hydrogen-bond donors (Lipinski definition) is 1. The van der Waals surface area contributed by atoms with Crippen LogP contribution in [0.4, 0.5) is 24.5 Å². The lowest BCUT2D eigenvalue weighted by atomic mass is 9.57. The predicted molar refractivity (Wildman–Crippen MR) is 284 cm³/mol. The molecule has 2 atom stereocenters. The van der Waals surface area contributed by atoms with Gasteiger partial charge in [0.25, 0.3) is 0 Å². The Morgan fingerprint density at radius 1 is 0.781 bits per heavy atom. The van der Waals surface area contributed by atoms with Gasteiger partial charge in [0.05, 0.1) is 35.7 Å². The van der Waals surface area contributed by atoms with E-state index in [2.05, 4.69) is 89.5 Å². The largest absolute Gasteiger partial charge is 0.471 e. The van der Waals surface area contributed by atoms with Gasteiger partial charge in [0.15, 0.2) is 0 Å². The molecule has 5 aliphatic heterocycles. The number of fused-ring (bicyclic) bond motifs is 8. The molecule has 2 unspecified atom stereocenters. The number of amides is 1. The monoisotopic (exact) mass is 1050 g/mol. The lowest BCUT2D eigenvalue weighted by Gasteiger charge is -2.54. The normalized spacial score (nSPS) is 21.2. The van der Waals surface area contributed by atoms with Gasteiger partial charge in [-0.1, -0.05) is 44.0 Å². The van der Waals surface area contributed by atoms with Gasteiger partial charge < -0.3 is 33.6 Å². The van der Waals surface area contributed by atoms with Crippen molar-refractivity contribution in [3.05, 3.63) is 97.1 Å². The van der Waals surface area contributed by atoms with Crippen LogP contribution in [0.15, 0.2) is 36.4 Å². The second-order valence-corrected chi connectivity index (χ2v) is 26.2. The van der Waals surface area contributed by atoms with Crippen molar-refractivity contribution in [1.29, 1.82) is 0 Å². The number of hydrogen-bond acceptors (Lipinski definition) is 9. The lowest BCUT2D eigenvalue weighted by Crippen LogP contribution is -2.51. The van der Waals surface area contributed by atoms with Gasteiger partial charge in [-0.3, -0.25) is 14.2 Å². The standard InChI is InChI=1S/C58H74ClF3N3O7P/c1-34-32-54(7,8)64-24-18-20-38-48-43(30-40(34)50(38)64)57(44-31-41-35(2)33-55(9,10)65-25-19-21-39(51(41)65)49(44)56(48,11)12)42-28-37(29-45(59)47(42)36(3)71-57)73(68,70-27-17-15-23-63-52(67)58(60,61)62)69-26-16-13-14-22-46(66)72-53(4,5)6/h28-33,36H,13-27H2,1-12H3,(H,63,67). The van der Waals surface area contributed by atoms with Gasteiger partial charge in [-0.05, 0) is 189 Å². The molecule has 396 valence electrons. The zero-order valence-electron chi connectivity index (χ0n) is 44.9. The molecule has 5 heterocycles. The highest BCUT2D eigenvalue weighted by molar-refractivity contribution is 7.62. The van der Waals surface area contributed by atoms with Crippen LogP contribution in [0, 0.1) is 0 Å². The molecule has 1 aliphatic carbocycles. The maximum Gasteiger partial charge on any atom is 0.471 e. The summed E-state index contributed by atoms with van der Waals surface area (Å²) in [6.07, 6.45) is 5.20. The van der Waals surface area contributed by atoms with Crippen LogP contribution >= 0.6 is 19.2 Å². The molecule has 0 aromatic heterocycles. The molecule has 6 aliphatic rings. The summed E-state index contributed by atoms with van der Waals surface area (Å²) < 4.78 is 80.5. The molecule has 0 saturated heterocycles. The van der Waals surface area contributed by atoms with Gasteiger partial charge in [-0.25, -0.2) is 0 Å². The Balaban J connectivity index is 1.21. The Morgan fingerprint density at radius 2 is 1.30 bits per heavy atom. The number of nitrogens with zero attached hydrogens (tertiary/aromatic N) is 2. The van der Waals surface area contributed by atoms with Crippen LogP contribution in [0.1, 0.15) is 196 Å². The van der Waals surface area contributed by atoms with Crippen molar-refractivity contribution >= 4 is 58.9 Å². The molecule has 0 radical (unpaired) electrons. The fraction of sp³-hybridized carbons (Fsp3) is 0.586. The van der Waals surface area contributed by atoms with E-state index in [1.807, 2.05) is 39.1 Å². The number of nitrogens with one attached hydrogen (secondary N) is 1. The maximum atomic E-state index is 15.7. The number of carbonyl (C=O) groups excluding carboxylic acids is 2. The Bertz CT molecular complexity index is 2770. The Morgan fingerprint density at radius 3 is 1.81 bits per heavy atom. The second-order valence-electron chi connectivity index (χ2n) is 23.8. The predicted octanol–water partition coefficient (Wildman–Crippen LogP) is 13.5. The van der Waals surface area contributed by atoms with Crippen LogP contribution in [0.25, 0.3) is 11.1 Å². The van der Waals surface area contributed by atoms with Crippen LogP contribution in [-0.2, 0) is 56.5 Å². The molecule has 73 heavy (non-hydrogen) atoms. The van der Waals surface area contributed by atoms with Gasteiger partial charge in [-0.2, -0.15) is 13.2 Å². The highest BCUT2D eigenvalue weighted by Gasteiger charge is 2.59. The minimum atomic E-state index is -5.00. The zero-order chi connectivity index (χ0) is 53.0. The van der Waals surface area contributed by atoms with Crippen LogP contribution in [0.5, 0.6) is 0 Å². The average Bonchev–Trinajstić information content (AvgIpc) is 3.59. The van der Waals surface area contributed by atoms with Crippen LogP contribution in [-0.4, -0.2) is 67.6 Å². The Kier molecular flexibility index (Phi) is 13.9. The van der Waals surface area contributed by atoms with Crippen molar-refractivity contribution in [2.24, 2.45) is 0 Å². The summed E-state index contributed by atoms with van der Waals surface area (Å²) in [7, 11) is -4.25. The van der Waals surface area contributed by atoms with E-state index < -0.39 is 42.4 Å². The number of ether oxygens (including phenoxy) is 2. The highest BCUT2D eigenvalue weighted by atomic mass is 35.5. The minimum Gasteiger partial charge on any atom is -0.460 e. The first-order valence-corrected chi connectivity index (χ1v) is 28.3. The number of anilines is 2. The number of carbonyl (C=O) groups is 2. The molecule has 3 aromatic rings. The lowest BCUT2D eigenvalue weighted by molar-refractivity contribution is -0.173. The molecule has 1 N–H and O–H groups in total. The average molecular weight is 1050 g/mol. The maximum absolute atomic E-state index is 15.7. The second kappa shape index (κ2) is 18.9. The van der Waals surface area contributed by atoms with Crippen LogP contribution in [0.2, 0.25) is 5.02 Å². The summed E-state index contributed by atoms with van der Waals surface area (Å²) in [4.78, 5) is 29.2. The van der Waals surface area contributed by atoms with E-state index in [1.54, 1.807) is 6.07 Å². The zero-order valence-corrected chi connectivity index (χ0v) is 46.5. The number of halogens is 4. The topological polar surface area (TPSA) is 107 Å². The summed E-state index contributed by atoms with van der Waals surface area (Å²) in [6, 6.07) is 8.35. The fourth-order valence-electron chi connectivity index (χ4n) is 13.3. The molecular formula is C58H74ClF3N3O7P. The number of alkyl halides is 3. The van der Waals surface area contributed by atoms with Gasteiger partial charge in [-0.15, -0.1) is 0 Å². The summed E-state index contributed by atoms with van der Waals surface area (Å²) in [5, 5.41) is 2.50. The third kappa shape index (κ3) is 9.31. The van der Waals surface area contributed by atoms with Gasteiger partial charge in [0, 0.05) is 70.1 Å². The van der Waals surface area contributed by atoms with E-state index in [9.17, 15) is 22.8 Å². The third-order valence-electron chi connectivity index (χ3n) is 16.0. The first kappa shape index (κ1) is 53.7. The van der Waals surface area contributed by atoms with Gasteiger partial charge in [0.2, 0.25) is 0 Å². The van der Waals surface area contributed by atoms with Crippen molar-refractivity contribution < 1.29 is 45.8 Å². The van der Waals surface area contributed by atoms with Crippen molar-refractivity contribution in [1.82, 2.24) is 5.32 Å². The van der Waals surface area contributed by atoms with Crippen molar-refractivity contribution in [2.45, 2.75) is 187 Å². The van der Waals surface area contributed by atoms with Crippen LogP contribution < -0.4 is 20.4 Å². The molecule has 1 spiro atoms. The fourth-order valence-corrected chi connectivity index (χ4v) is 15.4. The first-order chi connectivity index (χ1) is 34.0. The number of unbranched alkanes of at least 4 members (excludes halogenated alkanes) is 3. The quantitative estimate of drug-likeness (QED) is 0.0959. The van der Waals surface area contributed by atoms with Crippen LogP contribution in [0.3, 0.4) is 0 Å². The van der Waals surface area contributed by atoms with E-state index >= 15 is 4.57 Å². The highest BCUT2D eigenvalue weighted by Crippen LogP contribution is 2.66. The minimum absolute atomic E-state index is 0.0295. The number of rotatable bonds is 14. The summed E-state index contributed by atoms with van der Waals surface area (Å²) in [5.74, 6) is -2.31. The molecule has 0 fully saturated rings. The number of esters is 1. The SMILES string of the molecule is CC1=CC(C)(C)N2CCCc3c2c1cc1c3C(C)(C)c2c(cc3c4c2CCCN4C(C)(C)C=C3C)C12OC(C)c1c(Cl)cc(P(=O)(OCCCCCC(=O)OC(C)(C)C)OCCCCNC(=O)C(F)(F)F)cc12. The van der Waals surface area contributed by atoms with Gasteiger partial charge in [0.1, 0.15) is 11.2 Å². The third-order valence-corrected chi connectivity index (χ3v) is 18.2. The van der Waals surface area contributed by atoms with Crippen molar-refractivity contribution in [3.63, 3.8) is 0 Å². The molecule has 10 nitrogen and oxygen atoms in total. The van der Waals surface area contributed by atoms with E-state index in [0.29, 0.717) is 24.3 Å². The molecule has 1 amide bonds. The van der Waals surface area contributed by atoms with Crippen molar-refractivity contribution in [2.75, 3.05) is 42.6 Å².